The molecule has 0 saturated heterocycles. The molecule has 2 aromatic heterocycles. The summed E-state index contributed by atoms with van der Waals surface area (Å²) in [7, 11) is 3.47. The van der Waals surface area contributed by atoms with Crippen LogP contribution < -0.4 is 4.74 Å². The predicted octanol–water partition coefficient (Wildman–Crippen LogP) is 3.58. The van der Waals surface area contributed by atoms with Crippen molar-refractivity contribution in [3.8, 4) is 17.1 Å². The molecule has 33 heavy (non-hydrogen) atoms. The number of nitrogens with zero attached hydrogens (tertiary/aromatic N) is 5. The number of aromatic nitrogens is 4. The van der Waals surface area contributed by atoms with Crippen molar-refractivity contribution >= 4 is 12.1 Å². The first-order valence-corrected chi connectivity index (χ1v) is 11.4. The molecule has 1 amide bonds. The summed E-state index contributed by atoms with van der Waals surface area (Å²) < 4.78 is 13.2. The van der Waals surface area contributed by atoms with Gasteiger partial charge in [-0.15, -0.1) is 5.10 Å². The monoisotopic (exact) mass is 459 g/mol. The van der Waals surface area contributed by atoms with Crippen LogP contribution >= 0.6 is 0 Å². The second kappa shape index (κ2) is 11.1. The maximum absolute atomic E-state index is 12.2. The molecule has 0 bridgehead atoms. The van der Waals surface area contributed by atoms with Crippen LogP contribution in [0.1, 0.15) is 56.8 Å². The molecule has 1 saturated carbocycles. The fraction of sp³-hybridized carbons (Fsp3) is 0.609. The highest BCUT2D eigenvalue weighted by molar-refractivity contribution is 5.67. The minimum Gasteiger partial charge on any atom is -0.489 e. The number of pyridine rings is 1. The molecule has 1 fully saturated rings. The lowest BCUT2D eigenvalue weighted by atomic mass is 10.0. The molecule has 3 rings (SSSR count). The molecule has 0 aromatic carbocycles. The summed E-state index contributed by atoms with van der Waals surface area (Å²) in [6, 6.07) is 3.67. The van der Waals surface area contributed by atoms with Gasteiger partial charge in [-0.2, -0.15) is 0 Å². The van der Waals surface area contributed by atoms with Crippen LogP contribution in [0.2, 0.25) is 0 Å². The molecule has 10 heteroatoms. The van der Waals surface area contributed by atoms with Crippen molar-refractivity contribution in [1.82, 2.24) is 24.9 Å². The minimum absolute atomic E-state index is 0.00288. The second-order valence-corrected chi connectivity index (χ2v) is 8.63. The van der Waals surface area contributed by atoms with Gasteiger partial charge >= 0.3 is 12.1 Å². The molecule has 1 aliphatic carbocycles. The molecule has 2 aromatic rings. The Morgan fingerprint density at radius 3 is 2.79 bits per heavy atom. The van der Waals surface area contributed by atoms with Crippen molar-refractivity contribution in [3.05, 3.63) is 23.5 Å². The number of carbonyl (C=O) groups excluding carboxylic acids is 1. The first kappa shape index (κ1) is 24.5. The zero-order valence-corrected chi connectivity index (χ0v) is 19.8. The molecule has 0 unspecified atom stereocenters. The Hall–Kier alpha value is -3.17. The largest absolute Gasteiger partial charge is 0.489 e. The lowest BCUT2D eigenvalue weighted by Crippen LogP contribution is -2.28. The number of carboxylic acid groups (broad SMARTS) is 1. The van der Waals surface area contributed by atoms with Gasteiger partial charge in [0.2, 0.25) is 0 Å². The highest BCUT2D eigenvalue weighted by Gasteiger charge is 2.28. The van der Waals surface area contributed by atoms with E-state index in [0.29, 0.717) is 35.1 Å². The number of hydrogen-bond acceptors (Lipinski definition) is 7. The van der Waals surface area contributed by atoms with Gasteiger partial charge in [0, 0.05) is 27.1 Å². The Labute approximate surface area is 193 Å². The van der Waals surface area contributed by atoms with Crippen LogP contribution in [0.5, 0.6) is 5.75 Å². The van der Waals surface area contributed by atoms with Gasteiger partial charge in [0.15, 0.2) is 0 Å². The third kappa shape index (κ3) is 6.43. The van der Waals surface area contributed by atoms with Crippen molar-refractivity contribution in [1.29, 1.82) is 0 Å². The number of rotatable bonds is 10. The molecular formula is C23H33N5O5. The number of carboxylic acids is 1. The zero-order valence-electron chi connectivity index (χ0n) is 19.8. The Morgan fingerprint density at radius 2 is 2.09 bits per heavy atom. The van der Waals surface area contributed by atoms with E-state index >= 15 is 0 Å². The molecule has 10 nitrogen and oxygen atoms in total. The van der Waals surface area contributed by atoms with Crippen LogP contribution in [0.4, 0.5) is 4.79 Å². The standard InChI is InChI=1S/C23H33N5O5/c1-5-6-11-27(3)23(31)32-14-19-22(25-26-28(19)4)18-9-10-20(15(2)24-18)33-17-8-7-16(12-17)13-21(29)30/h9-10,16-17H,5-8,11-14H2,1-4H3,(H,29,30)/t16-,17-/m0/s1. The van der Waals surface area contributed by atoms with E-state index in [1.54, 1.807) is 23.7 Å². The molecule has 2 atom stereocenters. The third-order valence-electron chi connectivity index (χ3n) is 5.96. The van der Waals surface area contributed by atoms with Gasteiger partial charge in [0.25, 0.3) is 0 Å². The predicted molar refractivity (Wildman–Crippen MR) is 121 cm³/mol. The molecule has 0 spiro atoms. The summed E-state index contributed by atoms with van der Waals surface area (Å²) in [5, 5.41) is 17.3. The first-order chi connectivity index (χ1) is 15.8. The van der Waals surface area contributed by atoms with E-state index in [-0.39, 0.29) is 31.1 Å². The average Bonchev–Trinajstić information content (AvgIpc) is 3.37. The van der Waals surface area contributed by atoms with E-state index in [9.17, 15) is 9.59 Å². The molecule has 0 radical (unpaired) electrons. The Kier molecular flexibility index (Phi) is 8.24. The SMILES string of the molecule is CCCCN(C)C(=O)OCc1c(-c2ccc(O[C@H]3CC[C@H](CC(=O)O)C3)c(C)n2)nnn1C. The van der Waals surface area contributed by atoms with Gasteiger partial charge in [-0.1, -0.05) is 18.6 Å². The summed E-state index contributed by atoms with van der Waals surface area (Å²) in [4.78, 5) is 29.4. The summed E-state index contributed by atoms with van der Waals surface area (Å²) in [6.07, 6.45) is 4.15. The summed E-state index contributed by atoms with van der Waals surface area (Å²) in [5.74, 6) is 0.0703. The number of aryl methyl sites for hydroxylation is 2. The molecule has 1 N–H and O–H groups in total. The van der Waals surface area contributed by atoms with E-state index in [1.165, 1.54) is 0 Å². The number of carbonyl (C=O) groups is 2. The summed E-state index contributed by atoms with van der Waals surface area (Å²) in [6.45, 7) is 4.62. The van der Waals surface area contributed by atoms with Gasteiger partial charge in [0.1, 0.15) is 23.7 Å². The van der Waals surface area contributed by atoms with E-state index in [2.05, 4.69) is 22.2 Å². The fourth-order valence-corrected chi connectivity index (χ4v) is 4.02. The Bertz CT molecular complexity index is 976. The van der Waals surface area contributed by atoms with E-state index < -0.39 is 5.97 Å². The van der Waals surface area contributed by atoms with Crippen molar-refractivity contribution in [2.24, 2.45) is 13.0 Å². The van der Waals surface area contributed by atoms with Gasteiger partial charge in [-0.05, 0) is 50.7 Å². The van der Waals surface area contributed by atoms with Crippen LogP contribution in [-0.4, -0.2) is 61.7 Å². The molecular weight excluding hydrogens is 426 g/mol. The smallest absolute Gasteiger partial charge is 0.409 e. The molecule has 180 valence electrons. The van der Waals surface area contributed by atoms with E-state index in [1.807, 2.05) is 19.1 Å². The van der Waals surface area contributed by atoms with Crippen LogP contribution in [0, 0.1) is 12.8 Å². The number of unbranched alkanes of at least 4 members (excludes halogenated alkanes) is 1. The van der Waals surface area contributed by atoms with Crippen molar-refractivity contribution in [3.63, 3.8) is 0 Å². The zero-order chi connectivity index (χ0) is 24.0. The van der Waals surface area contributed by atoms with Gasteiger partial charge in [-0.3, -0.25) is 4.79 Å². The molecule has 2 heterocycles. The minimum atomic E-state index is -0.763. The van der Waals surface area contributed by atoms with Gasteiger partial charge in [0.05, 0.1) is 17.5 Å². The Morgan fingerprint density at radius 1 is 1.30 bits per heavy atom. The van der Waals surface area contributed by atoms with Crippen molar-refractivity contribution < 1.29 is 24.2 Å². The average molecular weight is 460 g/mol. The fourth-order valence-electron chi connectivity index (χ4n) is 4.02. The van der Waals surface area contributed by atoms with Gasteiger partial charge in [-0.25, -0.2) is 14.5 Å². The van der Waals surface area contributed by atoms with Crippen molar-refractivity contribution in [2.75, 3.05) is 13.6 Å². The normalized spacial score (nSPS) is 17.7. The first-order valence-electron chi connectivity index (χ1n) is 11.4. The Balaban J connectivity index is 1.65. The summed E-state index contributed by atoms with van der Waals surface area (Å²) >= 11 is 0. The lowest BCUT2D eigenvalue weighted by Gasteiger charge is -2.17. The highest BCUT2D eigenvalue weighted by Crippen LogP contribution is 2.33. The van der Waals surface area contributed by atoms with Gasteiger partial charge < -0.3 is 19.5 Å². The maximum atomic E-state index is 12.2. The van der Waals surface area contributed by atoms with Crippen LogP contribution in [0.3, 0.4) is 0 Å². The summed E-state index contributed by atoms with van der Waals surface area (Å²) in [5.41, 5.74) is 2.54. The topological polar surface area (TPSA) is 120 Å². The third-order valence-corrected chi connectivity index (χ3v) is 5.96. The molecule has 1 aliphatic rings. The second-order valence-electron chi connectivity index (χ2n) is 8.63. The number of hydrogen-bond donors (Lipinski definition) is 1. The van der Waals surface area contributed by atoms with Crippen molar-refractivity contribution in [2.45, 2.75) is 65.1 Å². The van der Waals surface area contributed by atoms with Crippen LogP contribution in [-0.2, 0) is 23.2 Å². The lowest BCUT2D eigenvalue weighted by molar-refractivity contribution is -0.138. The van der Waals surface area contributed by atoms with Crippen LogP contribution in [0.15, 0.2) is 12.1 Å². The number of aliphatic carboxylic acids is 1. The maximum Gasteiger partial charge on any atom is 0.409 e. The number of ether oxygens (including phenoxy) is 2. The van der Waals surface area contributed by atoms with E-state index in [0.717, 1.165) is 32.1 Å². The highest BCUT2D eigenvalue weighted by atomic mass is 16.6. The quantitative estimate of drug-likeness (QED) is 0.572. The molecule has 0 aliphatic heterocycles. The van der Waals surface area contributed by atoms with E-state index in [4.69, 9.17) is 14.6 Å². The number of amides is 1. The van der Waals surface area contributed by atoms with Crippen LogP contribution in [0.25, 0.3) is 11.4 Å².